The smallest absolute Gasteiger partial charge is 0.0428 e. The molecule has 0 radical (unpaired) electrons. The van der Waals surface area contributed by atoms with Gasteiger partial charge in [-0.2, -0.15) is 0 Å². The number of rotatable bonds is 2. The molecule has 0 aromatic heterocycles. The van der Waals surface area contributed by atoms with Crippen LogP contribution in [0, 0.1) is 29.6 Å². The summed E-state index contributed by atoms with van der Waals surface area (Å²) in [4.78, 5) is 0.528. The molecule has 1 atom stereocenters. The Balaban J connectivity index is 1.60. The Morgan fingerprint density at radius 1 is 0.895 bits per heavy atom. The Kier molecular flexibility index (Phi) is 3.19. The Morgan fingerprint density at radius 3 is 1.95 bits per heavy atom. The summed E-state index contributed by atoms with van der Waals surface area (Å²) in [5.41, 5.74) is 1.42. The lowest BCUT2D eigenvalue weighted by atomic mass is 9.51. The van der Waals surface area contributed by atoms with Crippen LogP contribution in [-0.2, 0) is 0 Å². The predicted molar refractivity (Wildman–Crippen MR) is 83.7 cm³/mol. The standard InChI is InChI=1S/C17H20BrCl/c18-17(12-1-3-15(19)4-2-12)16-13-6-10-5-11(8-13)9-14(16)7-10/h1-4,10-11,13-14,16-17H,5-9H2. The maximum absolute atomic E-state index is 6.01. The van der Waals surface area contributed by atoms with E-state index in [2.05, 4.69) is 28.1 Å². The minimum Gasteiger partial charge on any atom is -0.0843 e. The lowest BCUT2D eigenvalue weighted by Gasteiger charge is -2.55. The zero-order chi connectivity index (χ0) is 13.0. The summed E-state index contributed by atoms with van der Waals surface area (Å²) in [5, 5.41) is 0.841. The van der Waals surface area contributed by atoms with Crippen LogP contribution in [0.4, 0.5) is 0 Å². The average molecular weight is 340 g/mol. The number of hydrogen-bond donors (Lipinski definition) is 0. The molecule has 102 valence electrons. The second-order valence-electron chi connectivity index (χ2n) is 6.96. The maximum Gasteiger partial charge on any atom is 0.0428 e. The minimum absolute atomic E-state index is 0.528. The molecule has 0 N–H and O–H groups in total. The van der Waals surface area contributed by atoms with Crippen molar-refractivity contribution in [1.82, 2.24) is 0 Å². The van der Waals surface area contributed by atoms with E-state index in [4.69, 9.17) is 11.6 Å². The molecule has 1 aromatic carbocycles. The fraction of sp³-hybridized carbons (Fsp3) is 0.647. The van der Waals surface area contributed by atoms with E-state index >= 15 is 0 Å². The molecule has 1 aromatic rings. The summed E-state index contributed by atoms with van der Waals surface area (Å²) in [7, 11) is 0. The molecule has 0 heterocycles. The van der Waals surface area contributed by atoms with Crippen LogP contribution in [0.25, 0.3) is 0 Å². The molecule has 4 bridgehead atoms. The molecule has 0 saturated heterocycles. The summed E-state index contributed by atoms with van der Waals surface area (Å²) in [6.45, 7) is 0. The van der Waals surface area contributed by atoms with Crippen molar-refractivity contribution in [3.8, 4) is 0 Å². The van der Waals surface area contributed by atoms with Gasteiger partial charge in [-0.1, -0.05) is 39.7 Å². The Bertz CT molecular complexity index is 439. The van der Waals surface area contributed by atoms with E-state index in [1.54, 1.807) is 0 Å². The maximum atomic E-state index is 6.01. The third kappa shape index (κ3) is 2.17. The summed E-state index contributed by atoms with van der Waals surface area (Å²) < 4.78 is 0. The summed E-state index contributed by atoms with van der Waals surface area (Å²) in [6.07, 6.45) is 7.51. The lowest BCUT2D eigenvalue weighted by molar-refractivity contribution is -0.0364. The average Bonchev–Trinajstić information content (AvgIpc) is 2.38. The van der Waals surface area contributed by atoms with Crippen molar-refractivity contribution in [1.29, 1.82) is 0 Å². The van der Waals surface area contributed by atoms with Gasteiger partial charge in [0.15, 0.2) is 0 Å². The Morgan fingerprint density at radius 2 is 1.42 bits per heavy atom. The van der Waals surface area contributed by atoms with Crippen molar-refractivity contribution in [3.05, 3.63) is 34.9 Å². The van der Waals surface area contributed by atoms with Crippen LogP contribution in [0.3, 0.4) is 0 Å². The topological polar surface area (TPSA) is 0 Å². The minimum atomic E-state index is 0.528. The molecule has 0 spiro atoms. The van der Waals surface area contributed by atoms with Crippen molar-refractivity contribution in [3.63, 3.8) is 0 Å². The van der Waals surface area contributed by atoms with E-state index in [0.717, 1.165) is 34.6 Å². The molecule has 5 rings (SSSR count). The molecule has 0 aliphatic heterocycles. The lowest BCUT2D eigenvalue weighted by Crippen LogP contribution is -2.46. The highest BCUT2D eigenvalue weighted by molar-refractivity contribution is 9.09. The molecular weight excluding hydrogens is 320 g/mol. The van der Waals surface area contributed by atoms with Gasteiger partial charge < -0.3 is 0 Å². The van der Waals surface area contributed by atoms with Crippen molar-refractivity contribution in [2.24, 2.45) is 29.6 Å². The summed E-state index contributed by atoms with van der Waals surface area (Å²) >= 11 is 10.0. The van der Waals surface area contributed by atoms with E-state index in [0.29, 0.717) is 4.83 Å². The van der Waals surface area contributed by atoms with Crippen LogP contribution in [0.1, 0.15) is 42.5 Å². The Hall–Kier alpha value is -0.0100. The Labute approximate surface area is 129 Å². The van der Waals surface area contributed by atoms with E-state index in [1.807, 2.05) is 12.1 Å². The molecule has 2 heteroatoms. The van der Waals surface area contributed by atoms with Gasteiger partial charge in [-0.25, -0.2) is 0 Å². The zero-order valence-corrected chi connectivity index (χ0v) is 13.4. The highest BCUT2D eigenvalue weighted by Gasteiger charge is 2.50. The molecule has 19 heavy (non-hydrogen) atoms. The molecule has 0 nitrogen and oxygen atoms in total. The van der Waals surface area contributed by atoms with Crippen LogP contribution in [0.15, 0.2) is 24.3 Å². The fourth-order valence-electron chi connectivity index (χ4n) is 5.31. The van der Waals surface area contributed by atoms with Crippen LogP contribution in [0.5, 0.6) is 0 Å². The molecule has 4 saturated carbocycles. The van der Waals surface area contributed by atoms with Crippen molar-refractivity contribution in [2.45, 2.75) is 36.9 Å². The van der Waals surface area contributed by atoms with Gasteiger partial charge in [0.25, 0.3) is 0 Å². The van der Waals surface area contributed by atoms with Crippen molar-refractivity contribution < 1.29 is 0 Å². The quantitative estimate of drug-likeness (QED) is 0.593. The molecule has 4 aliphatic carbocycles. The van der Waals surface area contributed by atoms with Gasteiger partial charge in [0.1, 0.15) is 0 Å². The highest BCUT2D eigenvalue weighted by Crippen LogP contribution is 2.60. The zero-order valence-electron chi connectivity index (χ0n) is 11.1. The largest absolute Gasteiger partial charge is 0.0843 e. The second kappa shape index (κ2) is 4.77. The summed E-state index contributed by atoms with van der Waals surface area (Å²) in [5.74, 6) is 4.91. The summed E-state index contributed by atoms with van der Waals surface area (Å²) in [6, 6.07) is 8.46. The number of halogens is 2. The normalized spacial score (nSPS) is 41.5. The van der Waals surface area contributed by atoms with Gasteiger partial charge >= 0.3 is 0 Å². The van der Waals surface area contributed by atoms with E-state index in [1.165, 1.54) is 37.7 Å². The molecular formula is C17H20BrCl. The monoisotopic (exact) mass is 338 g/mol. The molecule has 4 aliphatic rings. The predicted octanol–water partition coefficient (Wildman–Crippen LogP) is 5.85. The molecule has 0 amide bonds. The van der Waals surface area contributed by atoms with Crippen molar-refractivity contribution in [2.75, 3.05) is 0 Å². The van der Waals surface area contributed by atoms with Crippen LogP contribution in [0.2, 0.25) is 5.02 Å². The van der Waals surface area contributed by atoms with Gasteiger partial charge in [-0.15, -0.1) is 0 Å². The second-order valence-corrected chi connectivity index (χ2v) is 8.38. The first-order valence-electron chi connectivity index (χ1n) is 7.60. The van der Waals surface area contributed by atoms with Gasteiger partial charge in [-0.05, 0) is 79.4 Å². The SMILES string of the molecule is Clc1ccc(C(Br)C2C3CC4CC(C3)CC2C4)cc1. The third-order valence-electron chi connectivity index (χ3n) is 5.83. The van der Waals surface area contributed by atoms with Crippen LogP contribution < -0.4 is 0 Å². The first-order valence-corrected chi connectivity index (χ1v) is 8.89. The van der Waals surface area contributed by atoms with E-state index < -0.39 is 0 Å². The van der Waals surface area contributed by atoms with Gasteiger partial charge in [0.2, 0.25) is 0 Å². The third-order valence-corrected chi connectivity index (χ3v) is 7.22. The highest BCUT2D eigenvalue weighted by atomic mass is 79.9. The van der Waals surface area contributed by atoms with Crippen molar-refractivity contribution >= 4 is 27.5 Å². The van der Waals surface area contributed by atoms with Gasteiger partial charge in [-0.3, -0.25) is 0 Å². The van der Waals surface area contributed by atoms with Gasteiger partial charge in [0.05, 0.1) is 0 Å². The molecule has 1 unspecified atom stereocenters. The first-order chi connectivity index (χ1) is 9.20. The van der Waals surface area contributed by atoms with E-state index in [-0.39, 0.29) is 0 Å². The van der Waals surface area contributed by atoms with Crippen LogP contribution in [-0.4, -0.2) is 0 Å². The van der Waals surface area contributed by atoms with Gasteiger partial charge in [0, 0.05) is 9.85 Å². The van der Waals surface area contributed by atoms with Crippen LogP contribution >= 0.6 is 27.5 Å². The van der Waals surface area contributed by atoms with E-state index in [9.17, 15) is 0 Å². The fourth-order valence-corrected chi connectivity index (χ4v) is 6.61. The molecule has 4 fully saturated rings. The number of alkyl halides is 1. The first kappa shape index (κ1) is 12.7. The number of benzene rings is 1. The number of hydrogen-bond acceptors (Lipinski definition) is 0.